The van der Waals surface area contributed by atoms with Gasteiger partial charge < -0.3 is 14.6 Å². The molecule has 9 heteroatoms. The molecule has 3 heterocycles. The Morgan fingerprint density at radius 1 is 1.05 bits per heavy atom. The minimum Gasteiger partial charge on any atom is -0.441 e. The number of benzene rings is 1. The van der Waals surface area contributed by atoms with Crippen molar-refractivity contribution in [2.75, 3.05) is 13.1 Å². The van der Waals surface area contributed by atoms with Crippen LogP contribution in [0.15, 0.2) is 53.2 Å². The Kier molecular flexibility index (Phi) is 8.24. The number of nitrogens with one attached hydrogen (secondary N) is 1. The van der Waals surface area contributed by atoms with E-state index >= 15 is 0 Å². The summed E-state index contributed by atoms with van der Waals surface area (Å²) in [4.78, 5) is 23.7. The van der Waals surface area contributed by atoms with Gasteiger partial charge in [0.2, 0.25) is 5.89 Å². The molecule has 3 aromatic rings. The van der Waals surface area contributed by atoms with E-state index in [0.717, 1.165) is 44.3 Å². The van der Waals surface area contributed by atoms with Gasteiger partial charge in [0.1, 0.15) is 5.76 Å². The van der Waals surface area contributed by atoms with Crippen molar-refractivity contribution in [1.82, 2.24) is 20.2 Å². The summed E-state index contributed by atoms with van der Waals surface area (Å²) >= 11 is 0. The van der Waals surface area contributed by atoms with Gasteiger partial charge >= 0.3 is 0 Å². The normalized spacial score (nSPS) is 20.8. The van der Waals surface area contributed by atoms with Crippen molar-refractivity contribution >= 4 is 15.7 Å². The molecule has 1 aliphatic heterocycles. The van der Waals surface area contributed by atoms with E-state index in [0.29, 0.717) is 41.1 Å². The molecule has 0 radical (unpaired) electrons. The summed E-state index contributed by atoms with van der Waals surface area (Å²) in [7, 11) is -3.33. The second kappa shape index (κ2) is 11.8. The summed E-state index contributed by atoms with van der Waals surface area (Å²) in [6, 6.07) is 11.2. The molecule has 1 aromatic carbocycles. The lowest BCUT2D eigenvalue weighted by molar-refractivity contribution is 0.0951. The zero-order valence-electron chi connectivity index (χ0n) is 21.9. The molecule has 38 heavy (non-hydrogen) atoms. The van der Waals surface area contributed by atoms with E-state index < -0.39 is 9.84 Å². The number of likely N-dealkylation sites (tertiary alicyclic amines) is 1. The van der Waals surface area contributed by atoms with Crippen LogP contribution in [-0.4, -0.2) is 53.6 Å². The lowest BCUT2D eigenvalue weighted by Crippen LogP contribution is -2.43. The Balaban J connectivity index is 1.18. The molecule has 1 saturated heterocycles. The molecule has 5 rings (SSSR count). The number of amides is 1. The molecule has 0 atom stereocenters. The fourth-order valence-corrected chi connectivity index (χ4v) is 7.47. The number of carbonyl (C=O) groups is 1. The molecule has 0 spiro atoms. The van der Waals surface area contributed by atoms with Gasteiger partial charge in [-0.1, -0.05) is 12.5 Å². The largest absolute Gasteiger partial charge is 0.441 e. The lowest BCUT2D eigenvalue weighted by atomic mass is 9.92. The van der Waals surface area contributed by atoms with Crippen molar-refractivity contribution in [3.05, 3.63) is 71.4 Å². The maximum atomic E-state index is 13.3. The summed E-state index contributed by atoms with van der Waals surface area (Å²) in [5, 5.41) is 2.57. The Hall–Kier alpha value is -3.04. The maximum Gasteiger partial charge on any atom is 0.251 e. The molecule has 0 bridgehead atoms. The van der Waals surface area contributed by atoms with Crippen LogP contribution in [0.25, 0.3) is 11.5 Å². The quantitative estimate of drug-likeness (QED) is 0.445. The lowest BCUT2D eigenvalue weighted by Gasteiger charge is -2.38. The third kappa shape index (κ3) is 6.32. The van der Waals surface area contributed by atoms with E-state index in [4.69, 9.17) is 4.42 Å². The van der Waals surface area contributed by atoms with Gasteiger partial charge in [0.05, 0.1) is 16.7 Å². The molecule has 2 aliphatic rings. The minimum absolute atomic E-state index is 0.101. The van der Waals surface area contributed by atoms with Crippen molar-refractivity contribution in [1.29, 1.82) is 0 Å². The standard InChI is InChI=1S/C29H36N4O4S/c1-21-27(20-38(35,36)26-13-11-25(12-14-26)33-16-3-2-4-17-33)32-29(37-21)24-9-7-23(8-10-24)28(34)31-19-22-6-5-15-30-18-22/h5-10,15,18,25-26H,2-4,11-14,16-17,19-20H2,1H3,(H,31,34)/t25-,26-. The average molecular weight is 537 g/mol. The Labute approximate surface area is 224 Å². The minimum atomic E-state index is -3.33. The van der Waals surface area contributed by atoms with Crippen molar-refractivity contribution in [2.24, 2.45) is 0 Å². The number of aromatic nitrogens is 2. The molecule has 1 aliphatic carbocycles. The number of rotatable bonds is 8. The fourth-order valence-electron chi connectivity index (χ4n) is 5.60. The van der Waals surface area contributed by atoms with Crippen LogP contribution in [0, 0.1) is 6.92 Å². The van der Waals surface area contributed by atoms with Crippen molar-refractivity contribution < 1.29 is 17.6 Å². The van der Waals surface area contributed by atoms with E-state index in [1.165, 1.54) is 19.3 Å². The number of aryl methyl sites for hydroxylation is 1. The highest BCUT2D eigenvalue weighted by Crippen LogP contribution is 2.31. The maximum absolute atomic E-state index is 13.3. The molecular weight excluding hydrogens is 500 g/mol. The third-order valence-electron chi connectivity index (χ3n) is 7.86. The van der Waals surface area contributed by atoms with Gasteiger partial charge in [0.25, 0.3) is 5.91 Å². The topological polar surface area (TPSA) is 105 Å². The fraction of sp³-hybridized carbons (Fsp3) is 0.483. The highest BCUT2D eigenvalue weighted by atomic mass is 32.2. The molecule has 8 nitrogen and oxygen atoms in total. The van der Waals surface area contributed by atoms with E-state index in [9.17, 15) is 13.2 Å². The van der Waals surface area contributed by atoms with Crippen LogP contribution in [0.4, 0.5) is 0 Å². The van der Waals surface area contributed by atoms with Gasteiger partial charge in [-0.25, -0.2) is 13.4 Å². The van der Waals surface area contributed by atoms with Gasteiger partial charge in [-0.3, -0.25) is 9.78 Å². The number of hydrogen-bond acceptors (Lipinski definition) is 7. The third-order valence-corrected chi connectivity index (χ3v) is 10.0. The molecule has 2 fully saturated rings. The number of sulfone groups is 1. The van der Waals surface area contributed by atoms with Crippen molar-refractivity contribution in [3.8, 4) is 11.5 Å². The van der Waals surface area contributed by atoms with Crippen LogP contribution >= 0.6 is 0 Å². The molecule has 1 amide bonds. The van der Waals surface area contributed by atoms with E-state index in [-0.39, 0.29) is 16.9 Å². The first-order valence-electron chi connectivity index (χ1n) is 13.6. The predicted octanol–water partition coefficient (Wildman–Crippen LogP) is 4.69. The second-order valence-electron chi connectivity index (χ2n) is 10.5. The van der Waals surface area contributed by atoms with Crippen molar-refractivity contribution in [2.45, 2.75) is 75.5 Å². The number of piperidine rings is 1. The van der Waals surface area contributed by atoms with Crippen LogP contribution < -0.4 is 5.32 Å². The monoisotopic (exact) mass is 536 g/mol. The summed E-state index contributed by atoms with van der Waals surface area (Å²) in [6.45, 7) is 4.46. The number of nitrogens with zero attached hydrogens (tertiary/aromatic N) is 3. The molecule has 1 N–H and O–H groups in total. The molecule has 2 aromatic heterocycles. The van der Waals surface area contributed by atoms with Crippen molar-refractivity contribution in [3.63, 3.8) is 0 Å². The van der Waals surface area contributed by atoms with Crippen LogP contribution in [0.2, 0.25) is 0 Å². The van der Waals surface area contributed by atoms with E-state index in [1.807, 2.05) is 12.1 Å². The van der Waals surface area contributed by atoms with Gasteiger partial charge in [-0.15, -0.1) is 0 Å². The second-order valence-corrected chi connectivity index (χ2v) is 12.8. The van der Waals surface area contributed by atoms with Gasteiger partial charge in [-0.2, -0.15) is 0 Å². The molecule has 0 unspecified atom stereocenters. The number of oxazole rings is 1. The first-order valence-corrected chi connectivity index (χ1v) is 15.3. The highest BCUT2D eigenvalue weighted by molar-refractivity contribution is 7.91. The number of pyridine rings is 1. The van der Waals surface area contributed by atoms with Crippen LogP contribution in [0.1, 0.15) is 72.3 Å². The van der Waals surface area contributed by atoms with Crippen LogP contribution in [-0.2, 0) is 22.1 Å². The van der Waals surface area contributed by atoms with E-state index in [2.05, 4.69) is 20.2 Å². The molecule has 1 saturated carbocycles. The summed E-state index contributed by atoms with van der Waals surface area (Å²) in [5.74, 6) is 0.592. The van der Waals surface area contributed by atoms with Crippen LogP contribution in [0.3, 0.4) is 0 Å². The predicted molar refractivity (Wildman–Crippen MR) is 146 cm³/mol. The molecular formula is C29H36N4O4S. The Bertz CT molecular complexity index is 1320. The van der Waals surface area contributed by atoms with Crippen LogP contribution in [0.5, 0.6) is 0 Å². The smallest absolute Gasteiger partial charge is 0.251 e. The molecule has 202 valence electrons. The zero-order valence-corrected chi connectivity index (χ0v) is 22.8. The Morgan fingerprint density at radius 3 is 2.47 bits per heavy atom. The average Bonchev–Trinajstić information content (AvgIpc) is 3.32. The zero-order chi connectivity index (χ0) is 26.5. The van der Waals surface area contributed by atoms with Gasteiger partial charge in [-0.05, 0) is 94.4 Å². The van der Waals surface area contributed by atoms with Gasteiger partial charge in [0.15, 0.2) is 9.84 Å². The van der Waals surface area contributed by atoms with E-state index in [1.54, 1.807) is 43.6 Å². The SMILES string of the molecule is Cc1oc(-c2ccc(C(=O)NCc3cccnc3)cc2)nc1CS(=O)(=O)[C@H]1CC[C@H](N2CCCCC2)CC1. The highest BCUT2D eigenvalue weighted by Gasteiger charge is 2.34. The Morgan fingerprint density at radius 2 is 1.79 bits per heavy atom. The summed E-state index contributed by atoms with van der Waals surface area (Å²) in [6.07, 6.45) is 10.6. The number of carbonyl (C=O) groups excluding carboxylic acids is 1. The summed E-state index contributed by atoms with van der Waals surface area (Å²) < 4.78 is 32.4. The number of hydrogen-bond donors (Lipinski definition) is 1. The first kappa shape index (κ1) is 26.6. The first-order chi connectivity index (χ1) is 18.4. The van der Waals surface area contributed by atoms with Gasteiger partial charge in [0, 0.05) is 36.1 Å². The summed E-state index contributed by atoms with van der Waals surface area (Å²) in [5.41, 5.74) is 2.60.